The van der Waals surface area contributed by atoms with Gasteiger partial charge in [0.15, 0.2) is 6.61 Å². The van der Waals surface area contributed by atoms with Crippen LogP contribution in [0.5, 0.6) is 11.5 Å². The first-order valence-electron chi connectivity index (χ1n) is 7.72. The fourth-order valence-electron chi connectivity index (χ4n) is 2.27. The Kier molecular flexibility index (Phi) is 5.94. The lowest BCUT2D eigenvalue weighted by atomic mass is 10.1. The minimum absolute atomic E-state index is 0.0796. The molecule has 0 spiro atoms. The smallest absolute Gasteiger partial charge is 0.311 e. The monoisotopic (exact) mass is 344 g/mol. The number of hydrogen-bond donors (Lipinski definition) is 1. The highest BCUT2D eigenvalue weighted by molar-refractivity contribution is 5.78. The number of benzene rings is 2. The molecule has 0 fully saturated rings. The van der Waals surface area contributed by atoms with E-state index in [4.69, 9.17) is 9.47 Å². The number of nitrogens with one attached hydrogen (secondary N) is 1. The third kappa shape index (κ3) is 4.94. The van der Waals surface area contributed by atoms with Crippen molar-refractivity contribution in [1.29, 1.82) is 0 Å². The van der Waals surface area contributed by atoms with Crippen LogP contribution in [0.15, 0.2) is 42.5 Å². The molecule has 2 rings (SSSR count). The number of hydrogen-bond acceptors (Lipinski definition) is 5. The summed E-state index contributed by atoms with van der Waals surface area (Å²) in [5.41, 5.74) is 1.99. The quantitative estimate of drug-likeness (QED) is 0.615. The number of nitrogens with zero attached hydrogens (tertiary/aromatic N) is 1. The minimum atomic E-state index is -0.543. The van der Waals surface area contributed by atoms with Gasteiger partial charge < -0.3 is 14.8 Å². The Hall–Kier alpha value is -3.09. The Balaban J connectivity index is 1.93. The summed E-state index contributed by atoms with van der Waals surface area (Å²) in [4.78, 5) is 22.3. The lowest BCUT2D eigenvalue weighted by Crippen LogP contribution is -2.31. The first kappa shape index (κ1) is 18.3. The van der Waals surface area contributed by atoms with Crippen LogP contribution in [0.25, 0.3) is 0 Å². The molecule has 0 aliphatic heterocycles. The second kappa shape index (κ2) is 8.14. The van der Waals surface area contributed by atoms with Crippen molar-refractivity contribution >= 4 is 11.6 Å². The largest absolute Gasteiger partial charge is 0.490 e. The van der Waals surface area contributed by atoms with Gasteiger partial charge >= 0.3 is 5.69 Å². The summed E-state index contributed by atoms with van der Waals surface area (Å²) in [7, 11) is 1.34. The topological polar surface area (TPSA) is 90.7 Å². The first-order valence-corrected chi connectivity index (χ1v) is 7.72. The van der Waals surface area contributed by atoms with Gasteiger partial charge in [0.1, 0.15) is 5.75 Å². The van der Waals surface area contributed by atoms with Crippen molar-refractivity contribution in [2.45, 2.75) is 19.9 Å². The van der Waals surface area contributed by atoms with Gasteiger partial charge in [-0.15, -0.1) is 0 Å². The summed E-state index contributed by atoms with van der Waals surface area (Å²) < 4.78 is 10.4. The fraction of sp³-hybridized carbons (Fsp3) is 0.278. The van der Waals surface area contributed by atoms with Gasteiger partial charge in [-0.1, -0.05) is 29.8 Å². The van der Waals surface area contributed by atoms with Gasteiger partial charge in [0.2, 0.25) is 5.75 Å². The zero-order chi connectivity index (χ0) is 18.4. The van der Waals surface area contributed by atoms with E-state index in [1.165, 1.54) is 25.3 Å². The average Bonchev–Trinajstić information content (AvgIpc) is 2.60. The Labute approximate surface area is 145 Å². The highest BCUT2D eigenvalue weighted by atomic mass is 16.6. The maximum Gasteiger partial charge on any atom is 0.311 e. The molecular formula is C18H20N2O5. The standard InChI is InChI=1S/C18H20N2O5/c1-12-4-6-14(7-5-12)13(2)19-18(21)11-25-15-8-9-16(20(22)23)17(10-15)24-3/h4-10,13H,11H2,1-3H3,(H,19,21)/t13-/m0/s1. The van der Waals surface area contributed by atoms with Crippen molar-refractivity contribution in [2.75, 3.05) is 13.7 Å². The van der Waals surface area contributed by atoms with E-state index < -0.39 is 4.92 Å². The second-order valence-electron chi connectivity index (χ2n) is 5.58. The number of carbonyl (C=O) groups excluding carboxylic acids is 1. The van der Waals surface area contributed by atoms with Crippen LogP contribution < -0.4 is 14.8 Å². The molecule has 132 valence electrons. The van der Waals surface area contributed by atoms with Crippen molar-refractivity contribution < 1.29 is 19.2 Å². The number of carbonyl (C=O) groups is 1. The lowest BCUT2D eigenvalue weighted by Gasteiger charge is -2.15. The van der Waals surface area contributed by atoms with Crippen LogP contribution in [0.3, 0.4) is 0 Å². The zero-order valence-electron chi connectivity index (χ0n) is 14.3. The van der Waals surface area contributed by atoms with Gasteiger partial charge in [-0.05, 0) is 25.5 Å². The summed E-state index contributed by atoms with van der Waals surface area (Å²) in [6.07, 6.45) is 0. The number of amides is 1. The molecule has 7 heteroatoms. The number of methoxy groups -OCH3 is 1. The van der Waals surface area contributed by atoms with Gasteiger partial charge in [-0.2, -0.15) is 0 Å². The summed E-state index contributed by atoms with van der Waals surface area (Å²) in [5, 5.41) is 13.7. The summed E-state index contributed by atoms with van der Waals surface area (Å²) in [6, 6.07) is 11.8. The molecule has 2 aromatic carbocycles. The molecule has 2 aromatic rings. The van der Waals surface area contributed by atoms with E-state index in [9.17, 15) is 14.9 Å². The third-order valence-corrected chi connectivity index (χ3v) is 3.67. The number of ether oxygens (including phenoxy) is 2. The maximum absolute atomic E-state index is 12.0. The molecule has 0 aromatic heterocycles. The van der Waals surface area contributed by atoms with Crippen LogP contribution in [-0.2, 0) is 4.79 Å². The first-order chi connectivity index (χ1) is 11.9. The highest BCUT2D eigenvalue weighted by Crippen LogP contribution is 2.30. The molecular weight excluding hydrogens is 324 g/mol. The number of aryl methyl sites for hydroxylation is 1. The van der Waals surface area contributed by atoms with E-state index in [0.717, 1.165) is 11.1 Å². The van der Waals surface area contributed by atoms with E-state index in [1.54, 1.807) is 0 Å². The van der Waals surface area contributed by atoms with Crippen molar-refractivity contribution in [2.24, 2.45) is 0 Å². The fourth-order valence-corrected chi connectivity index (χ4v) is 2.27. The molecule has 1 N–H and O–H groups in total. The molecule has 0 saturated heterocycles. The van der Waals surface area contributed by atoms with Gasteiger partial charge in [0.05, 0.1) is 18.1 Å². The van der Waals surface area contributed by atoms with Crippen LogP contribution in [0.4, 0.5) is 5.69 Å². The van der Waals surface area contributed by atoms with Gasteiger partial charge in [0, 0.05) is 12.1 Å². The second-order valence-corrected chi connectivity index (χ2v) is 5.58. The average molecular weight is 344 g/mol. The number of rotatable bonds is 7. The van der Waals surface area contributed by atoms with Gasteiger partial charge in [0.25, 0.3) is 5.91 Å². The molecule has 1 atom stereocenters. The predicted octanol–water partition coefficient (Wildman–Crippen LogP) is 3.17. The minimum Gasteiger partial charge on any atom is -0.490 e. The van der Waals surface area contributed by atoms with E-state index in [-0.39, 0.29) is 30.0 Å². The van der Waals surface area contributed by atoms with Crippen LogP contribution in [-0.4, -0.2) is 24.5 Å². The van der Waals surface area contributed by atoms with E-state index in [2.05, 4.69) is 5.32 Å². The Morgan fingerprint density at radius 1 is 1.24 bits per heavy atom. The normalized spacial score (nSPS) is 11.5. The van der Waals surface area contributed by atoms with Gasteiger partial charge in [-0.25, -0.2) is 0 Å². The summed E-state index contributed by atoms with van der Waals surface area (Å²) in [6.45, 7) is 3.69. The summed E-state index contributed by atoms with van der Waals surface area (Å²) >= 11 is 0. The van der Waals surface area contributed by atoms with Crippen LogP contribution >= 0.6 is 0 Å². The molecule has 0 aliphatic rings. The third-order valence-electron chi connectivity index (χ3n) is 3.67. The molecule has 0 unspecified atom stereocenters. The van der Waals surface area contributed by atoms with Crippen LogP contribution in [0.1, 0.15) is 24.1 Å². The van der Waals surface area contributed by atoms with E-state index >= 15 is 0 Å². The maximum atomic E-state index is 12.0. The lowest BCUT2D eigenvalue weighted by molar-refractivity contribution is -0.385. The predicted molar refractivity (Wildman–Crippen MR) is 92.9 cm³/mol. The molecule has 25 heavy (non-hydrogen) atoms. The molecule has 1 amide bonds. The van der Waals surface area contributed by atoms with E-state index in [1.807, 2.05) is 38.1 Å². The number of nitro benzene ring substituents is 1. The molecule has 0 saturated carbocycles. The molecule has 0 heterocycles. The van der Waals surface area contributed by atoms with Crippen molar-refractivity contribution in [3.05, 3.63) is 63.7 Å². The SMILES string of the molecule is COc1cc(OCC(=O)N[C@@H](C)c2ccc(C)cc2)ccc1[N+](=O)[O-]. The molecule has 0 aliphatic carbocycles. The van der Waals surface area contributed by atoms with Crippen LogP contribution in [0, 0.1) is 17.0 Å². The Morgan fingerprint density at radius 3 is 2.52 bits per heavy atom. The molecule has 0 radical (unpaired) electrons. The molecule has 7 nitrogen and oxygen atoms in total. The summed E-state index contributed by atoms with van der Waals surface area (Å²) in [5.74, 6) is 0.113. The Bertz CT molecular complexity index is 759. The highest BCUT2D eigenvalue weighted by Gasteiger charge is 2.16. The van der Waals surface area contributed by atoms with Gasteiger partial charge in [-0.3, -0.25) is 14.9 Å². The van der Waals surface area contributed by atoms with E-state index in [0.29, 0.717) is 5.75 Å². The number of nitro groups is 1. The Morgan fingerprint density at radius 2 is 1.92 bits per heavy atom. The van der Waals surface area contributed by atoms with Crippen molar-refractivity contribution in [3.63, 3.8) is 0 Å². The van der Waals surface area contributed by atoms with Crippen molar-refractivity contribution in [3.8, 4) is 11.5 Å². The molecule has 0 bridgehead atoms. The zero-order valence-corrected chi connectivity index (χ0v) is 14.3. The van der Waals surface area contributed by atoms with Crippen LogP contribution in [0.2, 0.25) is 0 Å². The van der Waals surface area contributed by atoms with Crippen molar-refractivity contribution in [1.82, 2.24) is 5.32 Å².